The molecule has 1 fully saturated rings. The molecule has 0 aliphatic carbocycles. The third kappa shape index (κ3) is 2.59. The summed E-state index contributed by atoms with van der Waals surface area (Å²) in [4.78, 5) is 28.2. The molecule has 1 atom stereocenters. The van der Waals surface area contributed by atoms with Crippen molar-refractivity contribution in [2.75, 3.05) is 17.2 Å². The molecule has 0 aromatic carbocycles. The minimum Gasteiger partial charge on any atom is -0.288 e. The van der Waals surface area contributed by atoms with E-state index in [0.29, 0.717) is 23.8 Å². The van der Waals surface area contributed by atoms with Crippen LogP contribution in [0.25, 0.3) is 0 Å². The Morgan fingerprint density at radius 3 is 3.19 bits per heavy atom. The number of rotatable bonds is 3. The van der Waals surface area contributed by atoms with E-state index in [0.717, 1.165) is 0 Å². The first-order valence-corrected chi connectivity index (χ1v) is 6.63. The van der Waals surface area contributed by atoms with E-state index < -0.39 is 0 Å². The van der Waals surface area contributed by atoms with Gasteiger partial charge in [-0.05, 0) is 5.92 Å². The first-order chi connectivity index (χ1) is 7.66. The molecule has 1 aliphatic heterocycles. The molecule has 1 unspecified atom stereocenters. The zero-order valence-electron chi connectivity index (χ0n) is 8.75. The molecule has 0 N–H and O–H groups in total. The maximum atomic E-state index is 11.7. The van der Waals surface area contributed by atoms with E-state index in [2.05, 4.69) is 9.36 Å². The molecular weight excluding hydrogens is 246 g/mol. The highest BCUT2D eigenvalue weighted by molar-refractivity contribution is 8.13. The topological polar surface area (TPSA) is 63.2 Å². The van der Waals surface area contributed by atoms with Crippen LogP contribution in [0.2, 0.25) is 0 Å². The summed E-state index contributed by atoms with van der Waals surface area (Å²) in [6.45, 7) is 2.19. The lowest BCUT2D eigenvalue weighted by Gasteiger charge is -2.11. The number of aromatic nitrogens is 2. The van der Waals surface area contributed by atoms with Crippen LogP contribution in [-0.2, 0) is 9.59 Å². The number of carbonyl (C=O) groups excluding carboxylic acids is 2. The number of thioether (sulfide) groups is 1. The van der Waals surface area contributed by atoms with E-state index in [1.807, 2.05) is 0 Å². The van der Waals surface area contributed by atoms with Gasteiger partial charge in [-0.2, -0.15) is 4.37 Å². The first-order valence-electron chi connectivity index (χ1n) is 4.87. The quantitative estimate of drug-likeness (QED) is 0.813. The average molecular weight is 257 g/mol. The Morgan fingerprint density at radius 1 is 1.75 bits per heavy atom. The summed E-state index contributed by atoms with van der Waals surface area (Å²) in [5.41, 5.74) is 0. The van der Waals surface area contributed by atoms with E-state index in [9.17, 15) is 9.59 Å². The number of hydrogen-bond acceptors (Lipinski definition) is 6. The van der Waals surface area contributed by atoms with E-state index in [1.54, 1.807) is 11.8 Å². The second-order valence-corrected chi connectivity index (χ2v) is 5.56. The highest BCUT2D eigenvalue weighted by Crippen LogP contribution is 2.27. The van der Waals surface area contributed by atoms with Crippen molar-refractivity contribution in [2.24, 2.45) is 5.92 Å². The predicted molar refractivity (Wildman–Crippen MR) is 63.5 cm³/mol. The van der Waals surface area contributed by atoms with Crippen molar-refractivity contribution >= 4 is 39.4 Å². The van der Waals surface area contributed by atoms with E-state index in [4.69, 9.17) is 0 Å². The minimum atomic E-state index is 0.0749. The van der Waals surface area contributed by atoms with Gasteiger partial charge in [0.05, 0.1) is 0 Å². The lowest BCUT2D eigenvalue weighted by molar-refractivity contribution is -0.117. The molecule has 0 radical (unpaired) electrons. The van der Waals surface area contributed by atoms with Crippen LogP contribution in [0.4, 0.5) is 5.13 Å². The van der Waals surface area contributed by atoms with Crippen LogP contribution in [0.1, 0.15) is 13.3 Å². The Morgan fingerprint density at radius 2 is 2.56 bits per heavy atom. The fourth-order valence-electron chi connectivity index (χ4n) is 1.60. The van der Waals surface area contributed by atoms with Gasteiger partial charge < -0.3 is 0 Å². The maximum absolute atomic E-state index is 11.7. The Labute approximate surface area is 101 Å². The highest BCUT2D eigenvalue weighted by Gasteiger charge is 2.32. The molecule has 1 amide bonds. The van der Waals surface area contributed by atoms with Crippen LogP contribution in [-0.4, -0.2) is 32.7 Å². The number of nitrogens with zero attached hydrogens (tertiary/aromatic N) is 3. The minimum absolute atomic E-state index is 0.0749. The van der Waals surface area contributed by atoms with Gasteiger partial charge in [0, 0.05) is 37.2 Å². The van der Waals surface area contributed by atoms with Gasteiger partial charge >= 0.3 is 0 Å². The van der Waals surface area contributed by atoms with Gasteiger partial charge in [-0.25, -0.2) is 4.98 Å². The number of carbonyl (C=O) groups is 2. The summed E-state index contributed by atoms with van der Waals surface area (Å²) in [7, 11) is 0. The monoisotopic (exact) mass is 257 g/mol. The molecule has 1 aliphatic rings. The Balaban J connectivity index is 1.94. The van der Waals surface area contributed by atoms with Crippen LogP contribution in [0.15, 0.2) is 6.33 Å². The first kappa shape index (κ1) is 11.5. The molecule has 1 aromatic heterocycles. The van der Waals surface area contributed by atoms with Gasteiger partial charge in [0.25, 0.3) is 0 Å². The predicted octanol–water partition coefficient (Wildman–Crippen LogP) is 1.17. The van der Waals surface area contributed by atoms with Crippen molar-refractivity contribution in [3.63, 3.8) is 0 Å². The Bertz CT molecular complexity index is 393. The fourth-order valence-corrected chi connectivity index (χ4v) is 2.85. The normalized spacial score (nSPS) is 20.4. The van der Waals surface area contributed by atoms with E-state index in [1.165, 1.54) is 29.6 Å². The summed E-state index contributed by atoms with van der Waals surface area (Å²) in [6, 6.07) is 0. The zero-order chi connectivity index (χ0) is 11.5. The molecule has 86 valence electrons. The molecule has 0 spiro atoms. The fraction of sp³-hybridized carbons (Fsp3) is 0.556. The SMILES string of the molecule is CC(=O)SCC1CC(=O)N(c2ncns2)C1. The van der Waals surface area contributed by atoms with Crippen molar-refractivity contribution in [1.29, 1.82) is 0 Å². The van der Waals surface area contributed by atoms with Gasteiger partial charge in [-0.1, -0.05) is 11.8 Å². The molecule has 2 heterocycles. The second kappa shape index (κ2) is 4.92. The van der Waals surface area contributed by atoms with Gasteiger partial charge in [0.2, 0.25) is 11.0 Å². The average Bonchev–Trinajstić information content (AvgIpc) is 2.83. The summed E-state index contributed by atoms with van der Waals surface area (Å²) >= 11 is 2.50. The third-order valence-corrected chi connectivity index (χ3v) is 4.04. The van der Waals surface area contributed by atoms with E-state index in [-0.39, 0.29) is 16.9 Å². The van der Waals surface area contributed by atoms with Gasteiger partial charge in [-0.15, -0.1) is 0 Å². The summed E-state index contributed by atoms with van der Waals surface area (Å²) in [5, 5.41) is 0.752. The molecule has 2 rings (SSSR count). The van der Waals surface area contributed by atoms with Crippen LogP contribution in [0.5, 0.6) is 0 Å². The lowest BCUT2D eigenvalue weighted by Crippen LogP contribution is -2.24. The van der Waals surface area contributed by atoms with Crippen molar-refractivity contribution in [2.45, 2.75) is 13.3 Å². The molecule has 1 aromatic rings. The molecular formula is C9H11N3O2S2. The second-order valence-electron chi connectivity index (χ2n) is 3.60. The molecule has 16 heavy (non-hydrogen) atoms. The van der Waals surface area contributed by atoms with Gasteiger partial charge in [0.1, 0.15) is 6.33 Å². The molecule has 1 saturated heterocycles. The lowest BCUT2D eigenvalue weighted by atomic mass is 10.1. The smallest absolute Gasteiger partial charge is 0.229 e. The number of hydrogen-bond donors (Lipinski definition) is 0. The van der Waals surface area contributed by atoms with Crippen molar-refractivity contribution in [3.8, 4) is 0 Å². The summed E-state index contributed by atoms with van der Waals surface area (Å²) < 4.78 is 3.88. The van der Waals surface area contributed by atoms with Gasteiger partial charge in [-0.3, -0.25) is 14.5 Å². The van der Waals surface area contributed by atoms with Crippen molar-refractivity contribution in [3.05, 3.63) is 6.33 Å². The largest absolute Gasteiger partial charge is 0.288 e. The van der Waals surface area contributed by atoms with Crippen molar-refractivity contribution < 1.29 is 9.59 Å². The van der Waals surface area contributed by atoms with E-state index >= 15 is 0 Å². The maximum Gasteiger partial charge on any atom is 0.229 e. The van der Waals surface area contributed by atoms with Crippen LogP contribution < -0.4 is 4.90 Å². The third-order valence-electron chi connectivity index (χ3n) is 2.31. The Hall–Kier alpha value is -0.950. The van der Waals surface area contributed by atoms with Crippen LogP contribution in [0, 0.1) is 5.92 Å². The summed E-state index contributed by atoms with van der Waals surface area (Å²) in [5.74, 6) is 1.02. The molecule has 0 saturated carbocycles. The summed E-state index contributed by atoms with van der Waals surface area (Å²) in [6.07, 6.45) is 1.95. The zero-order valence-corrected chi connectivity index (χ0v) is 10.4. The Kier molecular flexibility index (Phi) is 3.55. The number of anilines is 1. The highest BCUT2D eigenvalue weighted by atomic mass is 32.2. The number of amides is 1. The van der Waals surface area contributed by atoms with Gasteiger partial charge in [0.15, 0.2) is 5.12 Å². The molecule has 0 bridgehead atoms. The van der Waals surface area contributed by atoms with Crippen LogP contribution >= 0.6 is 23.3 Å². The molecule has 7 heteroatoms. The molecule has 5 nitrogen and oxygen atoms in total. The van der Waals surface area contributed by atoms with Crippen molar-refractivity contribution in [1.82, 2.24) is 9.36 Å². The van der Waals surface area contributed by atoms with Crippen LogP contribution in [0.3, 0.4) is 0 Å². The standard InChI is InChI=1S/C9H11N3O2S2/c1-6(13)15-4-7-2-8(14)12(3-7)9-10-5-11-16-9/h5,7H,2-4H2,1H3.